The van der Waals surface area contributed by atoms with Crippen molar-refractivity contribution in [3.05, 3.63) is 53.4 Å². The van der Waals surface area contributed by atoms with Crippen LogP contribution in [0.15, 0.2) is 45.4 Å². The summed E-state index contributed by atoms with van der Waals surface area (Å²) in [4.78, 5) is 8.71. The smallest absolute Gasteiger partial charge is 0.266 e. The molecule has 0 aliphatic carbocycles. The average Bonchev–Trinajstić information content (AvgIpc) is 3.44. The van der Waals surface area contributed by atoms with Crippen molar-refractivity contribution in [2.45, 2.75) is 26.7 Å². The predicted octanol–water partition coefficient (Wildman–Crippen LogP) is 4.44. The normalized spacial score (nSPS) is 14.7. The molecule has 0 N–H and O–H groups in total. The summed E-state index contributed by atoms with van der Waals surface area (Å²) in [7, 11) is 0. The van der Waals surface area contributed by atoms with Gasteiger partial charge in [0, 0.05) is 32.7 Å². The minimum atomic E-state index is 0.295. The maximum absolute atomic E-state index is 9.45. The third-order valence-electron chi connectivity index (χ3n) is 5.65. The highest BCUT2D eigenvalue weighted by molar-refractivity contribution is 5.55. The fraction of sp³-hybridized carbons (Fsp3) is 0.417. The lowest BCUT2D eigenvalue weighted by atomic mass is 9.98. The Hall–Kier alpha value is -3.24. The maximum Gasteiger partial charge on any atom is 0.266 e. The van der Waals surface area contributed by atoms with E-state index < -0.39 is 0 Å². The summed E-state index contributed by atoms with van der Waals surface area (Å²) in [5, 5.41) is 9.45. The second kappa shape index (κ2) is 9.27. The number of aryl methyl sites for hydroxylation is 1. The van der Waals surface area contributed by atoms with Crippen LogP contribution in [-0.2, 0) is 0 Å². The van der Waals surface area contributed by atoms with Crippen molar-refractivity contribution in [2.75, 3.05) is 44.2 Å². The highest BCUT2D eigenvalue weighted by atomic mass is 16.5. The summed E-state index contributed by atoms with van der Waals surface area (Å²) in [5.74, 6) is 2.82. The van der Waals surface area contributed by atoms with Gasteiger partial charge in [-0.15, -0.1) is 0 Å². The molecule has 2 aromatic heterocycles. The first-order valence-electron chi connectivity index (χ1n) is 10.7. The summed E-state index contributed by atoms with van der Waals surface area (Å²) in [6.07, 6.45) is 1.56. The molecule has 1 aliphatic heterocycles. The molecule has 0 amide bonds. The molecule has 1 fully saturated rings. The highest BCUT2D eigenvalue weighted by Gasteiger charge is 2.25. The molecule has 1 aromatic carbocycles. The molecule has 0 bridgehead atoms. The highest BCUT2D eigenvalue weighted by Crippen LogP contribution is 2.29. The minimum Gasteiger partial charge on any atom is -0.492 e. The van der Waals surface area contributed by atoms with E-state index in [1.807, 2.05) is 0 Å². The zero-order valence-electron chi connectivity index (χ0n) is 18.3. The van der Waals surface area contributed by atoms with Gasteiger partial charge >= 0.3 is 0 Å². The summed E-state index contributed by atoms with van der Waals surface area (Å²) in [5.41, 5.74) is 2.93. The van der Waals surface area contributed by atoms with Crippen LogP contribution in [0, 0.1) is 18.3 Å². The summed E-state index contributed by atoms with van der Waals surface area (Å²) in [6.45, 7) is 11.3. The number of hydrogen-bond donors (Lipinski definition) is 0. The van der Waals surface area contributed by atoms with Crippen LogP contribution in [-0.4, -0.2) is 49.2 Å². The topological polar surface area (TPSA) is 78.7 Å². The number of anilines is 1. The van der Waals surface area contributed by atoms with E-state index in [9.17, 15) is 5.26 Å². The van der Waals surface area contributed by atoms with E-state index in [1.54, 1.807) is 18.4 Å². The van der Waals surface area contributed by atoms with E-state index in [1.165, 1.54) is 11.1 Å². The predicted molar refractivity (Wildman–Crippen MR) is 118 cm³/mol. The molecule has 0 atom stereocenters. The van der Waals surface area contributed by atoms with Crippen LogP contribution in [0.25, 0.3) is 11.7 Å². The third kappa shape index (κ3) is 4.75. The number of ether oxygens (including phenoxy) is 1. The molecule has 0 spiro atoms. The molecule has 162 valence electrons. The minimum absolute atomic E-state index is 0.295. The van der Waals surface area contributed by atoms with E-state index in [-0.39, 0.29) is 0 Å². The van der Waals surface area contributed by atoms with Gasteiger partial charge in [0.05, 0.1) is 6.26 Å². The van der Waals surface area contributed by atoms with Crippen molar-refractivity contribution in [2.24, 2.45) is 0 Å². The van der Waals surface area contributed by atoms with Gasteiger partial charge in [-0.05, 0) is 48.2 Å². The quantitative estimate of drug-likeness (QED) is 0.559. The molecule has 7 nitrogen and oxygen atoms in total. The molecular formula is C24H28N4O3. The van der Waals surface area contributed by atoms with Crippen LogP contribution in [0.5, 0.6) is 5.75 Å². The number of piperazine rings is 1. The Bertz CT molecular complexity index is 1040. The Morgan fingerprint density at radius 1 is 1.19 bits per heavy atom. The monoisotopic (exact) mass is 420 g/mol. The summed E-state index contributed by atoms with van der Waals surface area (Å²) >= 11 is 0. The number of benzene rings is 1. The summed E-state index contributed by atoms with van der Waals surface area (Å²) in [6, 6.07) is 12.0. The fourth-order valence-electron chi connectivity index (χ4n) is 3.96. The van der Waals surface area contributed by atoms with Crippen molar-refractivity contribution in [3.63, 3.8) is 0 Å². The zero-order valence-corrected chi connectivity index (χ0v) is 18.3. The number of hydrogen-bond acceptors (Lipinski definition) is 7. The largest absolute Gasteiger partial charge is 0.492 e. The van der Waals surface area contributed by atoms with E-state index in [4.69, 9.17) is 13.6 Å². The van der Waals surface area contributed by atoms with Gasteiger partial charge in [0.1, 0.15) is 18.4 Å². The summed E-state index contributed by atoms with van der Waals surface area (Å²) < 4.78 is 17.2. The van der Waals surface area contributed by atoms with E-state index in [2.05, 4.69) is 59.8 Å². The van der Waals surface area contributed by atoms with Crippen molar-refractivity contribution in [1.29, 1.82) is 5.26 Å². The molecule has 0 unspecified atom stereocenters. The number of nitriles is 1. The molecule has 4 rings (SSSR count). The van der Waals surface area contributed by atoms with Crippen LogP contribution in [0.4, 0.5) is 5.88 Å². The Labute approximate surface area is 182 Å². The SMILES string of the molecule is Cc1cc(OCCN2CCN(c3oc(-c4ccco4)nc3C#N)CC2)ccc1C(C)C. The van der Waals surface area contributed by atoms with E-state index >= 15 is 0 Å². The van der Waals surface area contributed by atoms with Gasteiger partial charge in [-0.25, -0.2) is 0 Å². The third-order valence-corrected chi connectivity index (χ3v) is 5.65. The second-order valence-corrected chi connectivity index (χ2v) is 8.11. The van der Waals surface area contributed by atoms with Gasteiger partial charge in [0.2, 0.25) is 11.6 Å². The average molecular weight is 421 g/mol. The van der Waals surface area contributed by atoms with Crippen molar-refractivity contribution in [1.82, 2.24) is 9.88 Å². The standard InChI is InChI=1S/C24H28N4O3/c1-17(2)20-7-6-19(15-18(20)3)29-14-12-27-8-10-28(11-9-27)24-21(16-25)26-23(31-24)22-5-4-13-30-22/h4-7,13,15,17H,8-12,14H2,1-3H3. The molecular weight excluding hydrogens is 392 g/mol. The van der Waals surface area contributed by atoms with Gasteiger partial charge in [0.25, 0.3) is 5.89 Å². The van der Waals surface area contributed by atoms with Crippen molar-refractivity contribution in [3.8, 4) is 23.5 Å². The molecule has 3 aromatic rings. The van der Waals surface area contributed by atoms with Crippen LogP contribution >= 0.6 is 0 Å². The van der Waals surface area contributed by atoms with Gasteiger partial charge in [-0.2, -0.15) is 10.2 Å². The molecule has 0 radical (unpaired) electrons. The zero-order chi connectivity index (χ0) is 21.8. The first-order chi connectivity index (χ1) is 15.0. The maximum atomic E-state index is 9.45. The lowest BCUT2D eigenvalue weighted by molar-refractivity contribution is 0.199. The first-order valence-corrected chi connectivity index (χ1v) is 10.7. The van der Waals surface area contributed by atoms with Gasteiger partial charge in [-0.1, -0.05) is 19.9 Å². The molecule has 7 heteroatoms. The number of oxazole rings is 1. The van der Waals surface area contributed by atoms with Crippen molar-refractivity contribution >= 4 is 5.88 Å². The first kappa shape index (κ1) is 21.0. The van der Waals surface area contributed by atoms with Gasteiger partial charge in [0.15, 0.2) is 5.76 Å². The number of aromatic nitrogens is 1. The lowest BCUT2D eigenvalue weighted by Crippen LogP contribution is -2.47. The van der Waals surface area contributed by atoms with E-state index in [0.29, 0.717) is 35.8 Å². The molecule has 1 saturated heterocycles. The van der Waals surface area contributed by atoms with Gasteiger partial charge in [-0.3, -0.25) is 4.90 Å². The Morgan fingerprint density at radius 2 is 2.00 bits per heavy atom. The second-order valence-electron chi connectivity index (χ2n) is 8.11. The Balaban J connectivity index is 1.29. The number of rotatable bonds is 7. The molecule has 3 heterocycles. The van der Waals surface area contributed by atoms with Gasteiger partial charge < -0.3 is 18.5 Å². The Morgan fingerprint density at radius 3 is 2.65 bits per heavy atom. The lowest BCUT2D eigenvalue weighted by Gasteiger charge is -2.34. The van der Waals surface area contributed by atoms with Crippen LogP contribution in [0.3, 0.4) is 0 Å². The molecule has 1 aliphatic rings. The fourth-order valence-corrected chi connectivity index (χ4v) is 3.96. The number of furan rings is 1. The molecule has 0 saturated carbocycles. The van der Waals surface area contributed by atoms with Crippen LogP contribution < -0.4 is 9.64 Å². The van der Waals surface area contributed by atoms with Crippen LogP contribution in [0.1, 0.15) is 36.6 Å². The van der Waals surface area contributed by atoms with Crippen LogP contribution in [0.2, 0.25) is 0 Å². The Kier molecular flexibility index (Phi) is 6.28. The molecule has 31 heavy (non-hydrogen) atoms. The number of nitrogens with zero attached hydrogens (tertiary/aromatic N) is 4. The van der Waals surface area contributed by atoms with Crippen molar-refractivity contribution < 1.29 is 13.6 Å². The van der Waals surface area contributed by atoms with E-state index in [0.717, 1.165) is 38.5 Å².